The molecule has 0 spiro atoms. The molecule has 1 atom stereocenters. The molecule has 1 heterocycles. The second-order valence-electron chi connectivity index (χ2n) is 5.93. The van der Waals surface area contributed by atoms with Crippen molar-refractivity contribution < 1.29 is 14.3 Å². The van der Waals surface area contributed by atoms with Gasteiger partial charge in [-0.2, -0.15) is 5.26 Å². The van der Waals surface area contributed by atoms with Crippen LogP contribution >= 0.6 is 0 Å². The van der Waals surface area contributed by atoms with Gasteiger partial charge < -0.3 is 9.47 Å². The Hall–Kier alpha value is -1.90. The maximum absolute atomic E-state index is 12.0. The van der Waals surface area contributed by atoms with Crippen molar-refractivity contribution >= 4 is 5.97 Å². The highest BCUT2D eigenvalue weighted by Gasteiger charge is 2.22. The summed E-state index contributed by atoms with van der Waals surface area (Å²) >= 11 is 0. The smallest absolute Gasteiger partial charge is 0.338 e. The molecule has 22 heavy (non-hydrogen) atoms. The van der Waals surface area contributed by atoms with Crippen LogP contribution in [0.15, 0.2) is 24.3 Å². The van der Waals surface area contributed by atoms with E-state index in [9.17, 15) is 4.79 Å². The maximum Gasteiger partial charge on any atom is 0.338 e. The molecular weight excluding hydrogens is 280 g/mol. The van der Waals surface area contributed by atoms with Crippen molar-refractivity contribution in [2.24, 2.45) is 5.92 Å². The van der Waals surface area contributed by atoms with E-state index in [1.165, 1.54) is 0 Å². The first-order valence-corrected chi connectivity index (χ1v) is 7.59. The molecule has 1 unspecified atom stereocenters. The first-order valence-electron chi connectivity index (χ1n) is 7.59. The van der Waals surface area contributed by atoms with E-state index in [2.05, 4.69) is 18.7 Å². The van der Waals surface area contributed by atoms with E-state index < -0.39 is 0 Å². The van der Waals surface area contributed by atoms with Gasteiger partial charge in [0.25, 0.3) is 0 Å². The van der Waals surface area contributed by atoms with Crippen molar-refractivity contribution in [2.75, 3.05) is 32.8 Å². The summed E-state index contributed by atoms with van der Waals surface area (Å²) in [4.78, 5) is 14.3. The molecule has 1 fully saturated rings. The van der Waals surface area contributed by atoms with Crippen LogP contribution in [0.4, 0.5) is 0 Å². The topological polar surface area (TPSA) is 62.6 Å². The molecule has 1 aromatic carbocycles. The first kappa shape index (κ1) is 16.5. The predicted molar refractivity (Wildman–Crippen MR) is 82.5 cm³/mol. The van der Waals surface area contributed by atoms with Crippen LogP contribution in [0.2, 0.25) is 0 Å². The zero-order valence-electron chi connectivity index (χ0n) is 13.1. The van der Waals surface area contributed by atoms with Gasteiger partial charge in [-0.1, -0.05) is 13.8 Å². The monoisotopic (exact) mass is 302 g/mol. The van der Waals surface area contributed by atoms with Gasteiger partial charge in [-0.05, 0) is 30.2 Å². The van der Waals surface area contributed by atoms with Crippen LogP contribution in [-0.4, -0.2) is 49.8 Å². The van der Waals surface area contributed by atoms with Crippen molar-refractivity contribution in [2.45, 2.75) is 20.0 Å². The summed E-state index contributed by atoms with van der Waals surface area (Å²) in [5.41, 5.74) is 0.977. The lowest BCUT2D eigenvalue weighted by Gasteiger charge is -2.33. The van der Waals surface area contributed by atoms with E-state index in [1.807, 2.05) is 6.07 Å². The third-order valence-corrected chi connectivity index (χ3v) is 3.50. The summed E-state index contributed by atoms with van der Waals surface area (Å²) in [6, 6.07) is 8.45. The minimum atomic E-state index is -0.380. The number of nitriles is 1. The van der Waals surface area contributed by atoms with E-state index in [1.54, 1.807) is 24.3 Å². The predicted octanol–water partition coefficient (Wildman–Crippen LogP) is 2.07. The van der Waals surface area contributed by atoms with Crippen molar-refractivity contribution in [1.82, 2.24) is 4.90 Å². The summed E-state index contributed by atoms with van der Waals surface area (Å²) in [5.74, 6) is 0.231. The van der Waals surface area contributed by atoms with Crippen molar-refractivity contribution in [3.8, 4) is 6.07 Å². The summed E-state index contributed by atoms with van der Waals surface area (Å²) in [7, 11) is 0. The minimum absolute atomic E-state index is 0.0742. The van der Waals surface area contributed by atoms with Crippen molar-refractivity contribution in [1.29, 1.82) is 5.26 Å². The molecule has 1 saturated heterocycles. The average Bonchev–Trinajstić information content (AvgIpc) is 2.52. The summed E-state index contributed by atoms with van der Waals surface area (Å²) < 4.78 is 11.0. The van der Waals surface area contributed by atoms with E-state index >= 15 is 0 Å². The molecule has 2 rings (SSSR count). The highest BCUT2D eigenvalue weighted by Crippen LogP contribution is 2.10. The van der Waals surface area contributed by atoms with Gasteiger partial charge in [-0.3, -0.25) is 4.90 Å². The zero-order valence-corrected chi connectivity index (χ0v) is 13.1. The Kier molecular flexibility index (Phi) is 5.93. The Bertz CT molecular complexity index is 534. The Morgan fingerprint density at radius 2 is 2.18 bits per heavy atom. The molecule has 0 N–H and O–H groups in total. The molecule has 0 aliphatic carbocycles. The molecular formula is C17H22N2O3. The van der Waals surface area contributed by atoms with Gasteiger partial charge in [0.2, 0.25) is 0 Å². The third-order valence-electron chi connectivity index (χ3n) is 3.50. The summed E-state index contributed by atoms with van der Waals surface area (Å²) in [5, 5.41) is 8.74. The number of morpholine rings is 1. The molecule has 1 aliphatic rings. The van der Waals surface area contributed by atoms with Crippen LogP contribution < -0.4 is 0 Å². The zero-order chi connectivity index (χ0) is 15.9. The van der Waals surface area contributed by atoms with E-state index in [-0.39, 0.29) is 18.7 Å². The van der Waals surface area contributed by atoms with Gasteiger partial charge in [0.15, 0.2) is 0 Å². The number of esters is 1. The van der Waals surface area contributed by atoms with E-state index in [4.69, 9.17) is 14.7 Å². The molecule has 5 heteroatoms. The molecule has 0 saturated carbocycles. The molecule has 0 aromatic heterocycles. The Balaban J connectivity index is 1.81. The van der Waals surface area contributed by atoms with Crippen LogP contribution in [0.3, 0.4) is 0 Å². The fraction of sp³-hybridized carbons (Fsp3) is 0.529. The highest BCUT2D eigenvalue weighted by atomic mass is 16.6. The number of carbonyl (C=O) groups excluding carboxylic acids is 1. The van der Waals surface area contributed by atoms with E-state index in [0.717, 1.165) is 19.6 Å². The number of hydrogen-bond acceptors (Lipinski definition) is 5. The Labute approximate surface area is 131 Å². The van der Waals surface area contributed by atoms with Gasteiger partial charge >= 0.3 is 5.97 Å². The van der Waals surface area contributed by atoms with Crippen LogP contribution in [0, 0.1) is 17.2 Å². The van der Waals surface area contributed by atoms with Gasteiger partial charge in [0, 0.05) is 19.6 Å². The van der Waals surface area contributed by atoms with Gasteiger partial charge in [0.05, 0.1) is 23.8 Å². The lowest BCUT2D eigenvalue weighted by molar-refractivity contribution is -0.0612. The largest absolute Gasteiger partial charge is 0.459 e. The Morgan fingerprint density at radius 1 is 1.45 bits per heavy atom. The lowest BCUT2D eigenvalue weighted by Crippen LogP contribution is -2.45. The lowest BCUT2D eigenvalue weighted by atomic mass is 10.1. The van der Waals surface area contributed by atoms with Crippen LogP contribution in [-0.2, 0) is 9.47 Å². The van der Waals surface area contributed by atoms with Gasteiger partial charge in [0.1, 0.15) is 12.7 Å². The first-order chi connectivity index (χ1) is 10.6. The minimum Gasteiger partial charge on any atom is -0.459 e. The number of carbonyl (C=O) groups is 1. The molecule has 1 aromatic rings. The molecule has 1 aliphatic heterocycles. The normalized spacial score (nSPS) is 18.9. The molecule has 0 amide bonds. The number of rotatable bonds is 5. The number of hydrogen-bond donors (Lipinski definition) is 0. The van der Waals surface area contributed by atoms with E-state index in [0.29, 0.717) is 23.7 Å². The number of ether oxygens (including phenoxy) is 2. The second-order valence-corrected chi connectivity index (χ2v) is 5.93. The fourth-order valence-electron chi connectivity index (χ4n) is 2.50. The summed E-state index contributed by atoms with van der Waals surface area (Å²) in [6.45, 7) is 8.06. The van der Waals surface area contributed by atoms with Crippen LogP contribution in [0.5, 0.6) is 0 Å². The molecule has 0 bridgehead atoms. The number of benzene rings is 1. The summed E-state index contributed by atoms with van der Waals surface area (Å²) in [6.07, 6.45) is -0.0742. The quantitative estimate of drug-likeness (QED) is 0.779. The van der Waals surface area contributed by atoms with Crippen molar-refractivity contribution in [3.05, 3.63) is 35.4 Å². The molecule has 5 nitrogen and oxygen atoms in total. The SMILES string of the molecule is CC(C)CN1CCOC(COC(=O)c2ccc(C#N)cc2)C1. The number of nitrogens with zero attached hydrogens (tertiary/aromatic N) is 2. The fourth-order valence-corrected chi connectivity index (χ4v) is 2.50. The standard InChI is InChI=1S/C17H22N2O3/c1-13(2)10-19-7-8-21-16(11-19)12-22-17(20)15-5-3-14(9-18)4-6-15/h3-6,13,16H,7-8,10-12H2,1-2H3. The second kappa shape index (κ2) is 7.92. The average molecular weight is 302 g/mol. The molecule has 0 radical (unpaired) electrons. The van der Waals surface area contributed by atoms with Crippen LogP contribution in [0.1, 0.15) is 29.8 Å². The van der Waals surface area contributed by atoms with Gasteiger partial charge in [-0.15, -0.1) is 0 Å². The van der Waals surface area contributed by atoms with Crippen molar-refractivity contribution in [3.63, 3.8) is 0 Å². The third kappa shape index (κ3) is 4.83. The highest BCUT2D eigenvalue weighted by molar-refractivity contribution is 5.89. The molecule has 118 valence electrons. The van der Waals surface area contributed by atoms with Crippen LogP contribution in [0.25, 0.3) is 0 Å². The van der Waals surface area contributed by atoms with Gasteiger partial charge in [-0.25, -0.2) is 4.79 Å². The maximum atomic E-state index is 12.0. The Morgan fingerprint density at radius 3 is 2.82 bits per heavy atom.